The number of ether oxygens (including phenoxy) is 2. The summed E-state index contributed by atoms with van der Waals surface area (Å²) in [6.07, 6.45) is 1.45. The lowest BCUT2D eigenvalue weighted by Gasteiger charge is -2.20. The van der Waals surface area contributed by atoms with Crippen molar-refractivity contribution in [3.05, 3.63) is 65.2 Å². The highest BCUT2D eigenvalue weighted by Crippen LogP contribution is 2.24. The molecule has 2 aromatic rings. The van der Waals surface area contributed by atoms with Crippen LogP contribution in [0.3, 0.4) is 0 Å². The van der Waals surface area contributed by atoms with Crippen molar-refractivity contribution in [2.24, 2.45) is 0 Å². The van der Waals surface area contributed by atoms with Crippen molar-refractivity contribution in [2.75, 3.05) is 7.11 Å². The molecule has 0 aliphatic rings. The van der Waals surface area contributed by atoms with Crippen LogP contribution in [0.2, 0.25) is 0 Å². The SMILES string of the molecule is COc1ccc(/C=C(/C(=O)OC(C)(C)C)C(=O)c2ccccc2O)cc1. The minimum absolute atomic E-state index is 0.0399. The molecule has 0 radical (unpaired) electrons. The highest BCUT2D eigenvalue weighted by molar-refractivity contribution is 6.27. The molecule has 0 saturated heterocycles. The van der Waals surface area contributed by atoms with Crippen LogP contribution in [0.5, 0.6) is 11.5 Å². The topological polar surface area (TPSA) is 72.8 Å². The van der Waals surface area contributed by atoms with Crippen LogP contribution in [0.1, 0.15) is 36.7 Å². The van der Waals surface area contributed by atoms with Crippen molar-refractivity contribution in [3.63, 3.8) is 0 Å². The summed E-state index contributed by atoms with van der Waals surface area (Å²) >= 11 is 0. The van der Waals surface area contributed by atoms with Gasteiger partial charge in [-0.05, 0) is 56.7 Å². The van der Waals surface area contributed by atoms with Gasteiger partial charge in [-0.1, -0.05) is 24.3 Å². The number of carbonyl (C=O) groups is 2. The molecule has 0 atom stereocenters. The van der Waals surface area contributed by atoms with Gasteiger partial charge in [-0.15, -0.1) is 0 Å². The lowest BCUT2D eigenvalue weighted by molar-refractivity contribution is -0.149. The Bertz CT molecular complexity index is 826. The zero-order valence-corrected chi connectivity index (χ0v) is 15.3. The van der Waals surface area contributed by atoms with Crippen molar-refractivity contribution in [2.45, 2.75) is 26.4 Å². The molecule has 0 fully saturated rings. The first-order chi connectivity index (χ1) is 12.2. The number of aromatic hydroxyl groups is 1. The number of carbonyl (C=O) groups excluding carboxylic acids is 2. The number of hydrogen-bond acceptors (Lipinski definition) is 5. The first-order valence-corrected chi connectivity index (χ1v) is 8.13. The van der Waals surface area contributed by atoms with Gasteiger partial charge in [-0.25, -0.2) is 4.79 Å². The molecule has 0 unspecified atom stereocenters. The van der Waals surface area contributed by atoms with Gasteiger partial charge in [0.05, 0.1) is 12.7 Å². The van der Waals surface area contributed by atoms with E-state index < -0.39 is 17.4 Å². The molecule has 0 bridgehead atoms. The molecule has 0 spiro atoms. The monoisotopic (exact) mass is 354 g/mol. The van der Waals surface area contributed by atoms with Crippen LogP contribution in [0.4, 0.5) is 0 Å². The highest BCUT2D eigenvalue weighted by atomic mass is 16.6. The van der Waals surface area contributed by atoms with E-state index in [2.05, 4.69) is 0 Å². The van der Waals surface area contributed by atoms with E-state index in [1.54, 1.807) is 64.3 Å². The Hall–Kier alpha value is -3.08. The maximum atomic E-state index is 12.9. The van der Waals surface area contributed by atoms with Gasteiger partial charge in [0.2, 0.25) is 5.78 Å². The molecule has 0 heterocycles. The summed E-state index contributed by atoms with van der Waals surface area (Å²) in [4.78, 5) is 25.5. The first-order valence-electron chi connectivity index (χ1n) is 8.13. The number of ketones is 1. The van der Waals surface area contributed by atoms with Crippen LogP contribution in [-0.4, -0.2) is 29.6 Å². The molecule has 136 valence electrons. The maximum Gasteiger partial charge on any atom is 0.342 e. The summed E-state index contributed by atoms with van der Waals surface area (Å²) < 4.78 is 10.5. The molecule has 5 heteroatoms. The van der Waals surface area contributed by atoms with Gasteiger partial charge in [0.15, 0.2) is 0 Å². The molecule has 2 rings (SSSR count). The van der Waals surface area contributed by atoms with Crippen LogP contribution in [0.15, 0.2) is 54.1 Å². The van der Waals surface area contributed by atoms with Crippen molar-refractivity contribution in [1.82, 2.24) is 0 Å². The minimum atomic E-state index is -0.755. The summed E-state index contributed by atoms with van der Waals surface area (Å²) in [5.41, 5.74) is -0.241. The predicted octanol–water partition coefficient (Wildman–Crippen LogP) is 4.01. The minimum Gasteiger partial charge on any atom is -0.507 e. The third kappa shape index (κ3) is 4.96. The quantitative estimate of drug-likeness (QED) is 0.289. The van der Waals surface area contributed by atoms with Crippen LogP contribution < -0.4 is 4.74 Å². The number of Topliss-reactive ketones (excluding diaryl/α,β-unsaturated/α-hetero) is 1. The van der Waals surface area contributed by atoms with Gasteiger partial charge < -0.3 is 14.6 Å². The number of phenols is 1. The number of para-hydroxylation sites is 1. The molecule has 0 saturated carbocycles. The van der Waals surface area contributed by atoms with E-state index in [1.165, 1.54) is 18.2 Å². The fourth-order valence-electron chi connectivity index (χ4n) is 2.23. The second-order valence-electron chi connectivity index (χ2n) is 6.68. The Balaban J connectivity index is 2.47. The Kier molecular flexibility index (Phi) is 5.82. The van der Waals surface area contributed by atoms with E-state index in [0.717, 1.165) is 0 Å². The average Bonchev–Trinajstić information content (AvgIpc) is 2.58. The molecular formula is C21H22O5. The molecule has 0 amide bonds. The van der Waals surface area contributed by atoms with E-state index in [9.17, 15) is 14.7 Å². The highest BCUT2D eigenvalue weighted by Gasteiger charge is 2.27. The van der Waals surface area contributed by atoms with Crippen LogP contribution in [0.25, 0.3) is 6.08 Å². The Labute approximate surface area is 152 Å². The van der Waals surface area contributed by atoms with E-state index in [-0.39, 0.29) is 16.9 Å². The van der Waals surface area contributed by atoms with Gasteiger partial charge in [-0.2, -0.15) is 0 Å². The van der Waals surface area contributed by atoms with E-state index in [0.29, 0.717) is 11.3 Å². The molecular weight excluding hydrogens is 332 g/mol. The van der Waals surface area contributed by atoms with Crippen LogP contribution >= 0.6 is 0 Å². The molecule has 5 nitrogen and oxygen atoms in total. The van der Waals surface area contributed by atoms with Gasteiger partial charge in [0.25, 0.3) is 0 Å². The number of esters is 1. The molecule has 1 N–H and O–H groups in total. The second kappa shape index (κ2) is 7.87. The lowest BCUT2D eigenvalue weighted by atomic mass is 10.00. The summed E-state index contributed by atoms with van der Waals surface area (Å²) in [5, 5.41) is 9.96. The zero-order valence-electron chi connectivity index (χ0n) is 15.3. The number of methoxy groups -OCH3 is 1. The molecule has 0 aromatic heterocycles. The molecule has 0 aliphatic heterocycles. The zero-order chi connectivity index (χ0) is 19.3. The number of phenolic OH excluding ortho intramolecular Hbond substituents is 1. The van der Waals surface area contributed by atoms with Crippen molar-refractivity contribution >= 4 is 17.8 Å². The molecule has 0 aliphatic carbocycles. The first kappa shape index (κ1) is 19.2. The maximum absolute atomic E-state index is 12.9. The van der Waals surface area contributed by atoms with Crippen molar-refractivity contribution in [1.29, 1.82) is 0 Å². The summed E-state index contributed by atoms with van der Waals surface area (Å²) in [5.74, 6) is -0.885. The van der Waals surface area contributed by atoms with Gasteiger partial charge in [-0.3, -0.25) is 4.79 Å². The Morgan fingerprint density at radius 1 is 1.00 bits per heavy atom. The smallest absolute Gasteiger partial charge is 0.342 e. The normalized spacial score (nSPS) is 11.8. The van der Waals surface area contributed by atoms with Gasteiger partial charge >= 0.3 is 5.97 Å². The Morgan fingerprint density at radius 3 is 2.15 bits per heavy atom. The van der Waals surface area contributed by atoms with Crippen LogP contribution in [0, 0.1) is 0 Å². The summed E-state index contributed by atoms with van der Waals surface area (Å²) in [6.45, 7) is 5.17. The Morgan fingerprint density at radius 2 is 1.62 bits per heavy atom. The third-order valence-corrected chi connectivity index (χ3v) is 3.44. The van der Waals surface area contributed by atoms with Gasteiger partial charge in [0, 0.05) is 0 Å². The standard InChI is InChI=1S/C21H22O5/c1-21(2,3)26-20(24)17(13-14-9-11-15(25-4)12-10-14)19(23)16-7-5-6-8-18(16)22/h5-13,22H,1-4H3/b17-13+. The summed E-state index contributed by atoms with van der Waals surface area (Å²) in [7, 11) is 1.55. The van der Waals surface area contributed by atoms with E-state index in [4.69, 9.17) is 9.47 Å². The number of benzene rings is 2. The molecule has 2 aromatic carbocycles. The second-order valence-corrected chi connectivity index (χ2v) is 6.68. The number of hydrogen-bond donors (Lipinski definition) is 1. The van der Waals surface area contributed by atoms with Gasteiger partial charge in [0.1, 0.15) is 22.7 Å². The predicted molar refractivity (Wildman–Crippen MR) is 99.3 cm³/mol. The molecule has 26 heavy (non-hydrogen) atoms. The van der Waals surface area contributed by atoms with E-state index in [1.807, 2.05) is 0 Å². The van der Waals surface area contributed by atoms with Crippen molar-refractivity contribution in [3.8, 4) is 11.5 Å². The average molecular weight is 354 g/mol. The summed E-state index contributed by atoms with van der Waals surface area (Å²) in [6, 6.07) is 13.0. The third-order valence-electron chi connectivity index (χ3n) is 3.44. The largest absolute Gasteiger partial charge is 0.507 e. The number of rotatable bonds is 5. The van der Waals surface area contributed by atoms with Crippen molar-refractivity contribution < 1.29 is 24.2 Å². The van der Waals surface area contributed by atoms with E-state index >= 15 is 0 Å². The van der Waals surface area contributed by atoms with Crippen LogP contribution in [-0.2, 0) is 9.53 Å². The fourth-order valence-corrected chi connectivity index (χ4v) is 2.23. The fraction of sp³-hybridized carbons (Fsp3) is 0.238. The lowest BCUT2D eigenvalue weighted by Crippen LogP contribution is -2.27.